The Labute approximate surface area is 87.8 Å². The minimum absolute atomic E-state index is 0.162. The van der Waals surface area contributed by atoms with Crippen LogP contribution < -0.4 is 5.32 Å². The molecule has 1 aliphatic rings. The molecule has 4 heteroatoms. The van der Waals surface area contributed by atoms with Gasteiger partial charge in [0.05, 0.1) is 4.92 Å². The average Bonchev–Trinajstić information content (AvgIpc) is 2.59. The first kappa shape index (κ1) is 9.71. The lowest BCUT2D eigenvalue weighted by Crippen LogP contribution is -2.13. The fraction of sp³-hybridized carbons (Fsp3) is 0.273. The highest BCUT2D eigenvalue weighted by molar-refractivity contribution is 5.60. The SMILES string of the molecule is C=CCC1Cc2cc([N+](=O)[O-])ccc2N1. The van der Waals surface area contributed by atoms with Crippen LogP contribution in [0.2, 0.25) is 0 Å². The first-order valence-electron chi connectivity index (χ1n) is 4.85. The molecule has 0 aliphatic carbocycles. The number of rotatable bonds is 3. The maximum atomic E-state index is 10.6. The zero-order valence-electron chi connectivity index (χ0n) is 8.27. The molecule has 4 nitrogen and oxygen atoms in total. The van der Waals surface area contributed by atoms with Crippen LogP contribution in [0.4, 0.5) is 11.4 Å². The number of hydrogen-bond acceptors (Lipinski definition) is 3. The second-order valence-corrected chi connectivity index (χ2v) is 3.67. The van der Waals surface area contributed by atoms with Crippen molar-refractivity contribution in [3.05, 3.63) is 46.5 Å². The summed E-state index contributed by atoms with van der Waals surface area (Å²) in [5.74, 6) is 0. The highest BCUT2D eigenvalue weighted by Gasteiger charge is 2.21. The summed E-state index contributed by atoms with van der Waals surface area (Å²) in [4.78, 5) is 10.2. The Balaban J connectivity index is 2.23. The van der Waals surface area contributed by atoms with Gasteiger partial charge < -0.3 is 5.32 Å². The van der Waals surface area contributed by atoms with Gasteiger partial charge in [-0.05, 0) is 24.5 Å². The second-order valence-electron chi connectivity index (χ2n) is 3.67. The van der Waals surface area contributed by atoms with Crippen LogP contribution in [0.3, 0.4) is 0 Å². The normalized spacial score (nSPS) is 18.0. The Bertz CT molecular complexity index is 415. The third kappa shape index (κ3) is 1.83. The van der Waals surface area contributed by atoms with E-state index in [4.69, 9.17) is 0 Å². The van der Waals surface area contributed by atoms with Gasteiger partial charge in [-0.1, -0.05) is 6.08 Å². The third-order valence-electron chi connectivity index (χ3n) is 2.58. The van der Waals surface area contributed by atoms with Crippen molar-refractivity contribution in [2.75, 3.05) is 5.32 Å². The van der Waals surface area contributed by atoms with Crippen molar-refractivity contribution in [2.24, 2.45) is 0 Å². The quantitative estimate of drug-likeness (QED) is 0.467. The van der Waals surface area contributed by atoms with E-state index in [9.17, 15) is 10.1 Å². The summed E-state index contributed by atoms with van der Waals surface area (Å²) in [6.45, 7) is 3.68. The molecule has 0 saturated carbocycles. The third-order valence-corrected chi connectivity index (χ3v) is 2.58. The molecule has 1 N–H and O–H groups in total. The number of nitrogens with one attached hydrogen (secondary N) is 1. The molecule has 78 valence electrons. The first-order chi connectivity index (χ1) is 7.20. The van der Waals surface area contributed by atoms with Gasteiger partial charge in [-0.3, -0.25) is 10.1 Å². The molecule has 0 spiro atoms. The number of benzene rings is 1. The van der Waals surface area contributed by atoms with Gasteiger partial charge in [0.1, 0.15) is 0 Å². The molecule has 2 rings (SSSR count). The Morgan fingerprint density at radius 3 is 3.13 bits per heavy atom. The van der Waals surface area contributed by atoms with Crippen molar-refractivity contribution >= 4 is 11.4 Å². The molecule has 0 amide bonds. The van der Waals surface area contributed by atoms with Crippen LogP contribution in [0, 0.1) is 10.1 Å². The topological polar surface area (TPSA) is 55.2 Å². The molecule has 0 radical (unpaired) electrons. The summed E-state index contributed by atoms with van der Waals surface area (Å²) in [5, 5.41) is 13.9. The van der Waals surface area contributed by atoms with Crippen molar-refractivity contribution in [3.63, 3.8) is 0 Å². The van der Waals surface area contributed by atoms with Crippen molar-refractivity contribution < 1.29 is 4.92 Å². The van der Waals surface area contributed by atoms with E-state index in [1.165, 1.54) is 6.07 Å². The van der Waals surface area contributed by atoms with E-state index in [0.29, 0.717) is 6.04 Å². The summed E-state index contributed by atoms with van der Waals surface area (Å²) in [5.41, 5.74) is 2.19. The number of nitrogens with zero attached hydrogens (tertiary/aromatic N) is 1. The van der Waals surface area contributed by atoms with Crippen LogP contribution in [-0.2, 0) is 6.42 Å². The largest absolute Gasteiger partial charge is 0.381 e. The highest BCUT2D eigenvalue weighted by Crippen LogP contribution is 2.30. The zero-order valence-corrected chi connectivity index (χ0v) is 8.27. The molecule has 0 fully saturated rings. The van der Waals surface area contributed by atoms with E-state index >= 15 is 0 Å². The molecule has 1 aromatic rings. The number of nitro benzene ring substituents is 1. The maximum Gasteiger partial charge on any atom is 0.269 e. The molecule has 1 atom stereocenters. The zero-order chi connectivity index (χ0) is 10.8. The Morgan fingerprint density at radius 2 is 2.47 bits per heavy atom. The van der Waals surface area contributed by atoms with Crippen LogP contribution in [0.5, 0.6) is 0 Å². The molecule has 1 aromatic carbocycles. The second kappa shape index (κ2) is 3.73. The van der Waals surface area contributed by atoms with Gasteiger partial charge in [0.2, 0.25) is 0 Å². The minimum Gasteiger partial charge on any atom is -0.381 e. The molecule has 1 unspecified atom stereocenters. The predicted octanol–water partition coefficient (Wildman–Crippen LogP) is 2.51. The Hall–Kier alpha value is -1.84. The summed E-state index contributed by atoms with van der Waals surface area (Å²) in [7, 11) is 0. The van der Waals surface area contributed by atoms with Gasteiger partial charge in [-0.15, -0.1) is 6.58 Å². The average molecular weight is 204 g/mol. The highest BCUT2D eigenvalue weighted by atomic mass is 16.6. The molecule has 0 saturated heterocycles. The number of non-ortho nitro benzene ring substituents is 1. The van der Waals surface area contributed by atoms with Crippen molar-refractivity contribution in [3.8, 4) is 0 Å². The van der Waals surface area contributed by atoms with E-state index in [1.54, 1.807) is 12.1 Å². The summed E-state index contributed by atoms with van der Waals surface area (Å²) in [6.07, 6.45) is 3.57. The van der Waals surface area contributed by atoms with E-state index in [1.807, 2.05) is 6.08 Å². The van der Waals surface area contributed by atoms with Gasteiger partial charge in [-0.25, -0.2) is 0 Å². The Kier molecular flexibility index (Phi) is 2.41. The monoisotopic (exact) mass is 204 g/mol. The summed E-state index contributed by atoms with van der Waals surface area (Å²) < 4.78 is 0. The molecule has 1 aliphatic heterocycles. The molecule has 0 bridgehead atoms. The van der Waals surface area contributed by atoms with Crippen molar-refractivity contribution in [1.29, 1.82) is 0 Å². The standard InChI is InChI=1S/C11H12N2O2/c1-2-3-9-6-8-7-10(13(14)15)4-5-11(8)12-9/h2,4-5,7,9,12H,1,3,6H2. The van der Waals surface area contributed by atoms with Crippen LogP contribution in [-0.4, -0.2) is 11.0 Å². The van der Waals surface area contributed by atoms with Gasteiger partial charge in [0.25, 0.3) is 5.69 Å². The fourth-order valence-corrected chi connectivity index (χ4v) is 1.88. The van der Waals surface area contributed by atoms with E-state index in [2.05, 4.69) is 11.9 Å². The number of anilines is 1. The van der Waals surface area contributed by atoms with E-state index < -0.39 is 0 Å². The minimum atomic E-state index is -0.360. The first-order valence-corrected chi connectivity index (χ1v) is 4.85. The fourth-order valence-electron chi connectivity index (χ4n) is 1.88. The smallest absolute Gasteiger partial charge is 0.269 e. The van der Waals surface area contributed by atoms with E-state index in [0.717, 1.165) is 24.1 Å². The van der Waals surface area contributed by atoms with Crippen LogP contribution in [0.15, 0.2) is 30.9 Å². The van der Waals surface area contributed by atoms with Crippen LogP contribution in [0.25, 0.3) is 0 Å². The van der Waals surface area contributed by atoms with Gasteiger partial charge in [0, 0.05) is 23.9 Å². The molecular weight excluding hydrogens is 192 g/mol. The Morgan fingerprint density at radius 1 is 1.67 bits per heavy atom. The molecule has 1 heterocycles. The summed E-state index contributed by atoms with van der Waals surface area (Å²) >= 11 is 0. The maximum absolute atomic E-state index is 10.6. The van der Waals surface area contributed by atoms with Crippen molar-refractivity contribution in [1.82, 2.24) is 0 Å². The van der Waals surface area contributed by atoms with Crippen molar-refractivity contribution in [2.45, 2.75) is 18.9 Å². The lowest BCUT2D eigenvalue weighted by Gasteiger charge is -2.06. The van der Waals surface area contributed by atoms with Gasteiger partial charge in [0.15, 0.2) is 0 Å². The van der Waals surface area contributed by atoms with Crippen LogP contribution in [0.1, 0.15) is 12.0 Å². The molecule has 15 heavy (non-hydrogen) atoms. The van der Waals surface area contributed by atoms with Gasteiger partial charge >= 0.3 is 0 Å². The summed E-state index contributed by atoms with van der Waals surface area (Å²) in [6, 6.07) is 5.28. The predicted molar refractivity (Wildman–Crippen MR) is 59.0 cm³/mol. The molecule has 0 aromatic heterocycles. The molecular formula is C11H12N2O2. The number of nitro groups is 1. The lowest BCUT2D eigenvalue weighted by molar-refractivity contribution is -0.384. The number of hydrogen-bond donors (Lipinski definition) is 1. The van der Waals surface area contributed by atoms with Crippen LogP contribution >= 0.6 is 0 Å². The van der Waals surface area contributed by atoms with Gasteiger partial charge in [-0.2, -0.15) is 0 Å². The lowest BCUT2D eigenvalue weighted by atomic mass is 10.1. The van der Waals surface area contributed by atoms with E-state index in [-0.39, 0.29) is 10.6 Å². The number of fused-ring (bicyclic) bond motifs is 1.